The Morgan fingerprint density at radius 3 is 1.22 bits per heavy atom. The summed E-state index contributed by atoms with van der Waals surface area (Å²) in [4.78, 5) is 13.3. The summed E-state index contributed by atoms with van der Waals surface area (Å²) in [5.74, 6) is -0.238. The summed E-state index contributed by atoms with van der Waals surface area (Å²) in [5, 5.41) is 87.2. The summed E-state index contributed by atoms with van der Waals surface area (Å²) in [6, 6.07) is -0.915. The first-order chi connectivity index (χ1) is 42.6. The lowest BCUT2D eigenvalue weighted by Crippen LogP contribution is -2.65. The SMILES string of the molecule is CC/C=C\C/C=C\C/C=C\C/C=C\C/C=C\C/C=C\CCCCCCCCCCCCCCCCCCCCCCCCC(=O)NC(COC1OC(CO)C(OC2OC(CO)C(O)C(O)C2O)C(O)C1O)C(O)/C=C/CCCCCCCCCCCC. The van der Waals surface area contributed by atoms with Crippen molar-refractivity contribution < 1.29 is 64.6 Å². The minimum atomic E-state index is -1.79. The molecule has 9 N–H and O–H groups in total. The highest BCUT2D eigenvalue weighted by Crippen LogP contribution is 2.30. The van der Waals surface area contributed by atoms with Crippen molar-refractivity contribution in [2.45, 2.75) is 351 Å². The smallest absolute Gasteiger partial charge is 0.220 e. The molecule has 0 radical (unpaired) electrons. The van der Waals surface area contributed by atoms with Crippen LogP contribution in [0, 0.1) is 0 Å². The summed E-state index contributed by atoms with van der Waals surface area (Å²) in [6.45, 7) is 2.68. The Kier molecular flexibility index (Phi) is 52.7. The van der Waals surface area contributed by atoms with Crippen LogP contribution < -0.4 is 5.32 Å². The number of hydrogen-bond donors (Lipinski definition) is 9. The molecule has 1 amide bonds. The molecule has 2 rings (SSSR count). The molecule has 2 fully saturated rings. The predicted molar refractivity (Wildman–Crippen MR) is 355 cm³/mol. The van der Waals surface area contributed by atoms with Crippen LogP contribution in [-0.4, -0.2) is 140 Å². The number of carbonyl (C=O) groups is 1. The third-order valence-electron chi connectivity index (χ3n) is 16.8. The molecule has 14 nitrogen and oxygen atoms in total. The first kappa shape index (κ1) is 80.3. The van der Waals surface area contributed by atoms with E-state index in [4.69, 9.17) is 18.9 Å². The van der Waals surface area contributed by atoms with Gasteiger partial charge in [0.15, 0.2) is 12.6 Å². The Hall–Kier alpha value is -2.83. The first-order valence-corrected chi connectivity index (χ1v) is 35.3. The highest BCUT2D eigenvalue weighted by Gasteiger charge is 2.51. The number of rotatable bonds is 57. The Morgan fingerprint density at radius 1 is 0.425 bits per heavy atom. The molecular formula is C73H129NO13. The highest BCUT2D eigenvalue weighted by atomic mass is 16.7. The number of ether oxygens (including phenoxy) is 4. The van der Waals surface area contributed by atoms with Gasteiger partial charge < -0.3 is 65.1 Å². The first-order valence-electron chi connectivity index (χ1n) is 35.3. The minimum absolute atomic E-state index is 0.238. The molecule has 2 aliphatic rings. The maximum atomic E-state index is 13.3. The summed E-state index contributed by atoms with van der Waals surface area (Å²) < 4.78 is 22.8. The highest BCUT2D eigenvalue weighted by molar-refractivity contribution is 5.76. The molecule has 0 saturated carbocycles. The lowest BCUT2D eigenvalue weighted by molar-refractivity contribution is -0.359. The van der Waals surface area contributed by atoms with Crippen LogP contribution in [0.5, 0.6) is 0 Å². The van der Waals surface area contributed by atoms with E-state index < -0.39 is 86.8 Å². The standard InChI is InChI=1S/C73H129NO13/c1-3-5-7-9-11-13-15-17-18-19-20-21-22-23-24-25-26-27-28-29-30-31-32-33-34-35-36-37-38-39-40-41-42-43-44-45-47-49-51-53-55-57-65(78)74-61(62(77)56-54-52-50-48-46-16-14-12-10-8-6-4-2)60-84-72-70(83)68(81)71(64(59-76)86-72)87-73-69(82)67(80)66(79)63(58-75)85-73/h5,7,11,13,17-18,20-21,23-24,26-27,54,56,61-64,66-73,75-77,79-83H,3-4,6,8-10,12,14-16,19,22,25,28-53,55,57-60H2,1-2H3,(H,74,78)/b7-5-,13-11-,18-17-,21-20-,24-23-,27-26-,56-54+. The van der Waals surface area contributed by atoms with E-state index in [1.165, 1.54) is 173 Å². The fourth-order valence-electron chi connectivity index (χ4n) is 11.2. The van der Waals surface area contributed by atoms with Gasteiger partial charge in [-0.2, -0.15) is 0 Å². The van der Waals surface area contributed by atoms with Crippen LogP contribution in [0.1, 0.15) is 277 Å². The molecule has 0 aromatic heterocycles. The zero-order valence-corrected chi connectivity index (χ0v) is 54.7. The lowest BCUT2D eigenvalue weighted by atomic mass is 9.97. The number of unbranched alkanes of at least 4 members (excludes halogenated alkanes) is 32. The fraction of sp³-hybridized carbons (Fsp3) is 0.795. The van der Waals surface area contributed by atoms with Crippen LogP contribution in [0.15, 0.2) is 85.1 Å². The van der Waals surface area contributed by atoms with Gasteiger partial charge in [0.25, 0.3) is 0 Å². The zero-order chi connectivity index (χ0) is 63.1. The van der Waals surface area contributed by atoms with Crippen LogP contribution in [0.3, 0.4) is 0 Å². The van der Waals surface area contributed by atoms with Crippen molar-refractivity contribution in [3.8, 4) is 0 Å². The summed E-state index contributed by atoms with van der Waals surface area (Å²) >= 11 is 0. The Morgan fingerprint density at radius 2 is 0.793 bits per heavy atom. The molecule has 0 bridgehead atoms. The van der Waals surface area contributed by atoms with Gasteiger partial charge in [-0.25, -0.2) is 0 Å². The van der Waals surface area contributed by atoms with Crippen LogP contribution in [-0.2, 0) is 23.7 Å². The Labute approximate surface area is 529 Å². The third-order valence-corrected chi connectivity index (χ3v) is 16.8. The number of amides is 1. The Bertz CT molecular complexity index is 1780. The van der Waals surface area contributed by atoms with Gasteiger partial charge in [-0.3, -0.25) is 4.79 Å². The predicted octanol–water partition coefficient (Wildman–Crippen LogP) is 14.4. The summed E-state index contributed by atoms with van der Waals surface area (Å²) in [7, 11) is 0. The summed E-state index contributed by atoms with van der Waals surface area (Å²) in [6.07, 6.45) is 62.4. The molecule has 12 atom stereocenters. The maximum absolute atomic E-state index is 13.3. The molecule has 12 unspecified atom stereocenters. The quantitative estimate of drug-likeness (QED) is 0.0204. The Balaban J connectivity index is 1.54. The van der Waals surface area contributed by atoms with Crippen molar-refractivity contribution in [3.05, 3.63) is 85.1 Å². The molecule has 2 saturated heterocycles. The largest absolute Gasteiger partial charge is 0.394 e. The second-order valence-electron chi connectivity index (χ2n) is 24.6. The average Bonchev–Trinajstić information content (AvgIpc) is 2.31. The molecular weight excluding hydrogens is 1100 g/mol. The van der Waals surface area contributed by atoms with Gasteiger partial charge in [0.1, 0.15) is 48.8 Å². The van der Waals surface area contributed by atoms with E-state index in [0.717, 1.165) is 77.0 Å². The fourth-order valence-corrected chi connectivity index (χ4v) is 11.2. The molecule has 0 aliphatic carbocycles. The summed E-state index contributed by atoms with van der Waals surface area (Å²) in [5.41, 5.74) is 0. The van der Waals surface area contributed by atoms with Crippen LogP contribution in [0.25, 0.3) is 0 Å². The van der Waals surface area contributed by atoms with Gasteiger partial charge in [0, 0.05) is 6.42 Å². The van der Waals surface area contributed by atoms with Crippen molar-refractivity contribution >= 4 is 5.91 Å². The number of aliphatic hydroxyl groups is 8. The third kappa shape index (κ3) is 41.3. The van der Waals surface area contributed by atoms with Gasteiger partial charge in [-0.15, -0.1) is 0 Å². The molecule has 0 spiro atoms. The molecule has 14 heteroatoms. The van der Waals surface area contributed by atoms with Crippen molar-refractivity contribution in [3.63, 3.8) is 0 Å². The van der Waals surface area contributed by atoms with Crippen LogP contribution in [0.4, 0.5) is 0 Å². The number of nitrogens with one attached hydrogen (secondary N) is 1. The number of carbonyl (C=O) groups excluding carboxylic acids is 1. The zero-order valence-electron chi connectivity index (χ0n) is 54.7. The van der Waals surface area contributed by atoms with E-state index in [0.29, 0.717) is 6.42 Å². The van der Waals surface area contributed by atoms with Crippen LogP contribution in [0.2, 0.25) is 0 Å². The van der Waals surface area contributed by atoms with E-state index in [1.54, 1.807) is 6.08 Å². The van der Waals surface area contributed by atoms with Gasteiger partial charge in [-0.1, -0.05) is 285 Å². The lowest BCUT2D eigenvalue weighted by Gasteiger charge is -2.46. The molecule has 2 heterocycles. The van der Waals surface area contributed by atoms with Gasteiger partial charge in [-0.05, 0) is 70.6 Å². The minimum Gasteiger partial charge on any atom is -0.394 e. The van der Waals surface area contributed by atoms with E-state index in [9.17, 15) is 45.6 Å². The number of hydrogen-bond acceptors (Lipinski definition) is 13. The second kappa shape index (κ2) is 57.1. The monoisotopic (exact) mass is 1230 g/mol. The molecule has 504 valence electrons. The van der Waals surface area contributed by atoms with Gasteiger partial charge >= 0.3 is 0 Å². The van der Waals surface area contributed by atoms with E-state index in [1.807, 2.05) is 6.08 Å². The van der Waals surface area contributed by atoms with Crippen molar-refractivity contribution in [2.24, 2.45) is 0 Å². The molecule has 87 heavy (non-hydrogen) atoms. The van der Waals surface area contributed by atoms with Gasteiger partial charge in [0.05, 0.1) is 32.0 Å². The number of allylic oxidation sites excluding steroid dienone is 13. The van der Waals surface area contributed by atoms with Crippen molar-refractivity contribution in [1.82, 2.24) is 5.32 Å². The average molecular weight is 1230 g/mol. The van der Waals surface area contributed by atoms with Gasteiger partial charge in [0.2, 0.25) is 5.91 Å². The maximum Gasteiger partial charge on any atom is 0.220 e. The molecule has 0 aromatic carbocycles. The van der Waals surface area contributed by atoms with E-state index in [-0.39, 0.29) is 18.9 Å². The second-order valence-corrected chi connectivity index (χ2v) is 24.6. The number of aliphatic hydroxyl groups excluding tert-OH is 8. The molecule has 0 aromatic rings. The van der Waals surface area contributed by atoms with Crippen molar-refractivity contribution in [1.29, 1.82) is 0 Å². The molecule has 2 aliphatic heterocycles. The normalized spacial score (nSPS) is 23.8. The van der Waals surface area contributed by atoms with E-state index >= 15 is 0 Å². The van der Waals surface area contributed by atoms with Crippen molar-refractivity contribution in [2.75, 3.05) is 19.8 Å². The topological polar surface area (TPSA) is 228 Å². The van der Waals surface area contributed by atoms with Crippen LogP contribution >= 0.6 is 0 Å². The van der Waals surface area contributed by atoms with E-state index in [2.05, 4.69) is 92.1 Å².